The van der Waals surface area contributed by atoms with Gasteiger partial charge >= 0.3 is 12.1 Å². The number of carboxylic acids is 1. The van der Waals surface area contributed by atoms with Gasteiger partial charge in [-0.2, -0.15) is 0 Å². The van der Waals surface area contributed by atoms with Gasteiger partial charge in [0.05, 0.1) is 5.92 Å². The fourth-order valence-corrected chi connectivity index (χ4v) is 5.70. The molecule has 5 rings (SSSR count). The second-order valence-electron chi connectivity index (χ2n) is 9.78. The predicted octanol–water partition coefficient (Wildman–Crippen LogP) is 4.02. The Balaban J connectivity index is 1.10. The maximum absolute atomic E-state index is 12.9. The number of amides is 2. The second kappa shape index (κ2) is 9.12. The lowest BCUT2D eigenvalue weighted by atomic mass is 9.78. The molecule has 0 aromatic heterocycles. The van der Waals surface area contributed by atoms with Crippen LogP contribution in [-0.2, 0) is 14.3 Å². The van der Waals surface area contributed by atoms with Gasteiger partial charge in [-0.05, 0) is 54.9 Å². The fraction of sp³-hybridized carbons (Fsp3) is 0.444. The molecular weight excluding hydrogens is 432 g/mol. The highest BCUT2D eigenvalue weighted by Crippen LogP contribution is 2.44. The number of carbonyl (C=O) groups is 3. The Morgan fingerprint density at radius 1 is 0.971 bits per heavy atom. The summed E-state index contributed by atoms with van der Waals surface area (Å²) in [6.45, 7) is 2.67. The van der Waals surface area contributed by atoms with Gasteiger partial charge in [0.2, 0.25) is 5.91 Å². The maximum Gasteiger partial charge on any atom is 0.407 e. The summed E-state index contributed by atoms with van der Waals surface area (Å²) in [5, 5.41) is 12.1. The zero-order valence-electron chi connectivity index (χ0n) is 19.3. The van der Waals surface area contributed by atoms with E-state index >= 15 is 0 Å². The van der Waals surface area contributed by atoms with Crippen molar-refractivity contribution in [3.05, 3.63) is 59.7 Å². The molecule has 1 aliphatic heterocycles. The number of piperidine rings is 1. The summed E-state index contributed by atoms with van der Waals surface area (Å²) in [7, 11) is 0. The number of benzene rings is 2. The molecule has 0 spiro atoms. The lowest BCUT2D eigenvalue weighted by Gasteiger charge is -2.42. The van der Waals surface area contributed by atoms with Crippen LogP contribution in [0.4, 0.5) is 4.79 Å². The van der Waals surface area contributed by atoms with Gasteiger partial charge in [0.25, 0.3) is 0 Å². The van der Waals surface area contributed by atoms with Crippen LogP contribution in [0.25, 0.3) is 11.1 Å². The van der Waals surface area contributed by atoms with E-state index in [1.54, 1.807) is 0 Å². The second-order valence-corrected chi connectivity index (χ2v) is 9.78. The van der Waals surface area contributed by atoms with Crippen molar-refractivity contribution in [3.8, 4) is 11.1 Å². The van der Waals surface area contributed by atoms with E-state index in [-0.39, 0.29) is 42.4 Å². The Morgan fingerprint density at radius 2 is 1.59 bits per heavy atom. The molecule has 1 saturated heterocycles. The summed E-state index contributed by atoms with van der Waals surface area (Å²) in [6, 6.07) is 16.3. The van der Waals surface area contributed by atoms with Crippen molar-refractivity contribution in [2.45, 2.75) is 50.6 Å². The minimum atomic E-state index is -0.782. The zero-order chi connectivity index (χ0) is 23.8. The first-order chi connectivity index (χ1) is 16.4. The first-order valence-electron chi connectivity index (χ1n) is 12.1. The van der Waals surface area contributed by atoms with Gasteiger partial charge in [0, 0.05) is 30.5 Å². The van der Waals surface area contributed by atoms with E-state index in [4.69, 9.17) is 4.74 Å². The maximum atomic E-state index is 12.9. The minimum Gasteiger partial charge on any atom is -0.481 e. The van der Waals surface area contributed by atoms with E-state index in [1.807, 2.05) is 36.1 Å². The Kier molecular flexibility index (Phi) is 6.02. The lowest BCUT2D eigenvalue weighted by Crippen LogP contribution is -2.54. The van der Waals surface area contributed by atoms with Gasteiger partial charge < -0.3 is 20.1 Å². The van der Waals surface area contributed by atoms with Crippen molar-refractivity contribution in [2.24, 2.45) is 11.8 Å². The number of nitrogens with zero attached hydrogens (tertiary/aromatic N) is 1. The van der Waals surface area contributed by atoms with Crippen molar-refractivity contribution in [3.63, 3.8) is 0 Å². The molecule has 0 unspecified atom stereocenters. The van der Waals surface area contributed by atoms with Gasteiger partial charge in [-0.3, -0.25) is 9.59 Å². The Labute approximate surface area is 199 Å². The molecule has 2 aromatic rings. The van der Waals surface area contributed by atoms with Crippen LogP contribution in [0.3, 0.4) is 0 Å². The molecule has 34 heavy (non-hydrogen) atoms. The summed E-state index contributed by atoms with van der Waals surface area (Å²) in [6.07, 6.45) is 1.73. The van der Waals surface area contributed by atoms with Crippen LogP contribution in [0.15, 0.2) is 48.5 Å². The van der Waals surface area contributed by atoms with Gasteiger partial charge in [0.15, 0.2) is 0 Å². The van der Waals surface area contributed by atoms with Crippen LogP contribution in [0.2, 0.25) is 0 Å². The molecule has 178 valence electrons. The summed E-state index contributed by atoms with van der Waals surface area (Å²) >= 11 is 0. The molecule has 7 heteroatoms. The normalized spacial score (nSPS) is 25.6. The molecule has 2 fully saturated rings. The standard InChI is InChI=1S/C27H30N2O5/c1-16-12-17(26(31)32)10-11-29(16)25(30)18-13-19(14-18)28-27(33)34-15-24-22-8-4-2-6-20(22)21-7-3-5-9-23(21)24/h2-9,16-19,24H,10-15H2,1H3,(H,28,33)(H,31,32)/t16-,17-,18?,19?/m1/s1. The summed E-state index contributed by atoms with van der Waals surface area (Å²) in [5.41, 5.74) is 4.72. The Hall–Kier alpha value is -3.35. The van der Waals surface area contributed by atoms with Crippen LogP contribution in [0.5, 0.6) is 0 Å². The SMILES string of the molecule is C[C@@H]1C[C@H](C(=O)O)CCN1C(=O)C1CC(NC(=O)OCC2c3ccccc3-c3ccccc32)C1. The molecule has 7 nitrogen and oxygen atoms in total. The number of aliphatic carboxylic acids is 1. The third-order valence-electron chi connectivity index (χ3n) is 7.66. The van der Waals surface area contributed by atoms with E-state index in [9.17, 15) is 19.5 Å². The number of ether oxygens (including phenoxy) is 1. The monoisotopic (exact) mass is 462 g/mol. The third-order valence-corrected chi connectivity index (χ3v) is 7.66. The zero-order valence-corrected chi connectivity index (χ0v) is 19.3. The number of hydrogen-bond donors (Lipinski definition) is 2. The fourth-order valence-electron chi connectivity index (χ4n) is 5.70. The molecule has 2 atom stereocenters. The van der Waals surface area contributed by atoms with Crippen LogP contribution in [0, 0.1) is 11.8 Å². The molecule has 2 aliphatic carbocycles. The van der Waals surface area contributed by atoms with Crippen molar-refractivity contribution in [2.75, 3.05) is 13.2 Å². The lowest BCUT2D eigenvalue weighted by molar-refractivity contribution is -0.150. The van der Waals surface area contributed by atoms with Gasteiger partial charge in [0.1, 0.15) is 6.61 Å². The van der Waals surface area contributed by atoms with Crippen LogP contribution >= 0.6 is 0 Å². The Bertz CT molecular complexity index is 1060. The van der Waals surface area contributed by atoms with Crippen molar-refractivity contribution < 1.29 is 24.2 Å². The minimum absolute atomic E-state index is 0.0177. The number of likely N-dealkylation sites (tertiary alicyclic amines) is 1. The van der Waals surface area contributed by atoms with Crippen LogP contribution < -0.4 is 5.32 Å². The first-order valence-corrected chi connectivity index (χ1v) is 12.1. The van der Waals surface area contributed by atoms with E-state index in [0.29, 0.717) is 32.2 Å². The van der Waals surface area contributed by atoms with Gasteiger partial charge in [-0.25, -0.2) is 4.79 Å². The molecule has 2 N–H and O–H groups in total. The smallest absolute Gasteiger partial charge is 0.407 e. The first kappa shape index (κ1) is 22.4. The number of carboxylic acid groups (broad SMARTS) is 1. The highest BCUT2D eigenvalue weighted by molar-refractivity contribution is 5.81. The molecule has 2 aromatic carbocycles. The van der Waals surface area contributed by atoms with E-state index < -0.39 is 12.1 Å². The molecule has 0 bridgehead atoms. The molecular formula is C27H30N2O5. The highest BCUT2D eigenvalue weighted by Gasteiger charge is 2.41. The number of rotatable bonds is 5. The van der Waals surface area contributed by atoms with Crippen molar-refractivity contribution in [1.82, 2.24) is 10.2 Å². The largest absolute Gasteiger partial charge is 0.481 e. The number of alkyl carbamates (subject to hydrolysis) is 1. The average molecular weight is 463 g/mol. The van der Waals surface area contributed by atoms with Gasteiger partial charge in [-0.15, -0.1) is 0 Å². The third kappa shape index (κ3) is 4.15. The molecule has 2 amide bonds. The van der Waals surface area contributed by atoms with E-state index in [1.165, 1.54) is 22.3 Å². The summed E-state index contributed by atoms with van der Waals surface area (Å²) in [5.74, 6) is -1.19. The number of hydrogen-bond acceptors (Lipinski definition) is 4. The van der Waals surface area contributed by atoms with Crippen molar-refractivity contribution >= 4 is 18.0 Å². The average Bonchev–Trinajstić information content (AvgIpc) is 3.13. The molecule has 1 saturated carbocycles. The van der Waals surface area contributed by atoms with Crippen LogP contribution in [0.1, 0.15) is 49.7 Å². The number of fused-ring (bicyclic) bond motifs is 3. The molecule has 3 aliphatic rings. The Morgan fingerprint density at radius 3 is 2.18 bits per heavy atom. The summed E-state index contributed by atoms with van der Waals surface area (Å²) in [4.78, 5) is 38.4. The highest BCUT2D eigenvalue weighted by atomic mass is 16.5. The topological polar surface area (TPSA) is 95.9 Å². The van der Waals surface area contributed by atoms with Crippen LogP contribution in [-0.4, -0.2) is 53.2 Å². The molecule has 1 heterocycles. The van der Waals surface area contributed by atoms with E-state index in [2.05, 4.69) is 29.6 Å². The van der Waals surface area contributed by atoms with E-state index in [0.717, 1.165) is 0 Å². The summed E-state index contributed by atoms with van der Waals surface area (Å²) < 4.78 is 5.61. The molecule has 0 radical (unpaired) electrons. The quantitative estimate of drug-likeness (QED) is 0.700. The number of carbonyl (C=O) groups excluding carboxylic acids is 2. The van der Waals surface area contributed by atoms with Gasteiger partial charge in [-0.1, -0.05) is 48.5 Å². The predicted molar refractivity (Wildman–Crippen MR) is 126 cm³/mol. The van der Waals surface area contributed by atoms with Crippen molar-refractivity contribution in [1.29, 1.82) is 0 Å². The number of nitrogens with one attached hydrogen (secondary N) is 1.